The fourth-order valence-corrected chi connectivity index (χ4v) is 2.65. The second-order valence-corrected chi connectivity index (χ2v) is 4.97. The van der Waals surface area contributed by atoms with Crippen LogP contribution in [-0.4, -0.2) is 30.6 Å². The molecule has 0 radical (unpaired) electrons. The molecule has 1 aliphatic heterocycles. The van der Waals surface area contributed by atoms with Gasteiger partial charge in [-0.25, -0.2) is 0 Å². The van der Waals surface area contributed by atoms with Crippen molar-refractivity contribution in [1.82, 2.24) is 5.32 Å². The highest BCUT2D eigenvalue weighted by atomic mass is 19.4. The third-order valence-corrected chi connectivity index (χ3v) is 3.66. The van der Waals surface area contributed by atoms with E-state index in [9.17, 15) is 18.0 Å². The van der Waals surface area contributed by atoms with Crippen LogP contribution in [0.2, 0.25) is 0 Å². The van der Waals surface area contributed by atoms with Gasteiger partial charge in [0.05, 0.1) is 12.2 Å². The molecule has 0 spiro atoms. The molecule has 116 valence electrons. The van der Waals surface area contributed by atoms with Gasteiger partial charge in [0.15, 0.2) is 0 Å². The number of carbonyl (C=O) groups is 1. The summed E-state index contributed by atoms with van der Waals surface area (Å²) in [6.07, 6.45) is -3.34. The molecule has 0 bridgehead atoms. The van der Waals surface area contributed by atoms with Crippen LogP contribution in [0.25, 0.3) is 0 Å². The molecule has 1 aromatic carbocycles. The van der Waals surface area contributed by atoms with Crippen molar-refractivity contribution in [2.75, 3.05) is 18.5 Å². The number of amides is 1. The summed E-state index contributed by atoms with van der Waals surface area (Å²) in [5, 5.41) is 11.5. The summed E-state index contributed by atoms with van der Waals surface area (Å²) >= 11 is 0. The van der Waals surface area contributed by atoms with Gasteiger partial charge in [-0.2, -0.15) is 13.2 Å². The number of rotatable bonds is 3. The Morgan fingerprint density at radius 1 is 1.48 bits per heavy atom. The minimum atomic E-state index is -4.53. The lowest BCUT2D eigenvalue weighted by Crippen LogP contribution is -2.42. The van der Waals surface area contributed by atoms with Crippen LogP contribution in [-0.2, 0) is 17.6 Å². The zero-order valence-electron chi connectivity index (χ0n) is 11.6. The number of hydrogen-bond donors (Lipinski definition) is 2. The summed E-state index contributed by atoms with van der Waals surface area (Å²) in [5.41, 5.74) is -0.627. The van der Waals surface area contributed by atoms with Crippen LogP contribution < -0.4 is 10.2 Å². The fourth-order valence-electron chi connectivity index (χ4n) is 2.65. The maximum Gasteiger partial charge on any atom is 0.418 e. The van der Waals surface area contributed by atoms with E-state index in [4.69, 9.17) is 5.11 Å². The Kier molecular flexibility index (Phi) is 4.41. The number of halogens is 3. The Morgan fingerprint density at radius 2 is 2.19 bits per heavy atom. The number of aliphatic hydroxyl groups excluding tert-OH is 1. The van der Waals surface area contributed by atoms with Gasteiger partial charge in [-0.15, -0.1) is 0 Å². The molecule has 1 saturated heterocycles. The lowest BCUT2D eigenvalue weighted by atomic mass is 10.1. The van der Waals surface area contributed by atoms with Gasteiger partial charge in [-0.05, 0) is 30.5 Å². The normalized spacial score (nSPS) is 18.9. The predicted molar refractivity (Wildman–Crippen MR) is 71.8 cm³/mol. The molecule has 1 atom stereocenters. The van der Waals surface area contributed by atoms with Crippen LogP contribution in [0.3, 0.4) is 0 Å². The van der Waals surface area contributed by atoms with E-state index < -0.39 is 24.4 Å². The first-order chi connectivity index (χ1) is 9.88. The molecule has 7 heteroatoms. The Bertz CT molecular complexity index is 531. The molecule has 2 rings (SSSR count). The molecule has 1 fully saturated rings. The minimum Gasteiger partial charge on any atom is -0.392 e. The summed E-state index contributed by atoms with van der Waals surface area (Å²) in [5.74, 6) is -0.285. The number of nitrogens with one attached hydrogen (secondary N) is 1. The van der Waals surface area contributed by atoms with Gasteiger partial charge in [0, 0.05) is 19.3 Å². The van der Waals surface area contributed by atoms with Gasteiger partial charge in [-0.1, -0.05) is 6.07 Å². The predicted octanol–water partition coefficient (Wildman–Crippen LogP) is 1.91. The molecule has 1 aliphatic rings. The molecule has 1 aromatic rings. The van der Waals surface area contributed by atoms with Crippen molar-refractivity contribution in [3.05, 3.63) is 29.3 Å². The van der Waals surface area contributed by atoms with Crippen molar-refractivity contribution in [3.8, 4) is 0 Å². The number of hydrogen-bond acceptors (Lipinski definition) is 3. The van der Waals surface area contributed by atoms with Crippen molar-refractivity contribution in [2.24, 2.45) is 0 Å². The maximum absolute atomic E-state index is 13.2. The topological polar surface area (TPSA) is 52.6 Å². The quantitative estimate of drug-likeness (QED) is 0.897. The highest BCUT2D eigenvalue weighted by molar-refractivity contribution is 5.86. The van der Waals surface area contributed by atoms with E-state index in [2.05, 4.69) is 5.32 Å². The summed E-state index contributed by atoms with van der Waals surface area (Å²) in [7, 11) is 1.47. The van der Waals surface area contributed by atoms with Crippen molar-refractivity contribution >= 4 is 11.6 Å². The largest absolute Gasteiger partial charge is 0.418 e. The summed E-state index contributed by atoms with van der Waals surface area (Å²) in [4.78, 5) is 13.3. The van der Waals surface area contributed by atoms with E-state index in [0.717, 1.165) is 6.07 Å². The standard InChI is InChI=1S/C14H17F3N2O2/c1-18-13(21)12-3-2-6-19(12)11-5-4-9(8-20)7-10(11)14(15,16)17/h4-5,7,12,20H,2-3,6,8H2,1H3,(H,18,21). The zero-order chi connectivity index (χ0) is 15.6. The average molecular weight is 302 g/mol. The van der Waals surface area contributed by atoms with E-state index in [1.165, 1.54) is 24.1 Å². The lowest BCUT2D eigenvalue weighted by Gasteiger charge is -2.28. The van der Waals surface area contributed by atoms with Crippen LogP contribution in [0.15, 0.2) is 18.2 Å². The van der Waals surface area contributed by atoms with Crippen LogP contribution in [0, 0.1) is 0 Å². The first kappa shape index (κ1) is 15.6. The molecule has 1 amide bonds. The van der Waals surface area contributed by atoms with E-state index in [0.29, 0.717) is 19.4 Å². The Hall–Kier alpha value is -1.76. The number of carbonyl (C=O) groups excluding carboxylic acids is 1. The minimum absolute atomic E-state index is 0.00852. The lowest BCUT2D eigenvalue weighted by molar-refractivity contribution is -0.137. The molecule has 0 aliphatic carbocycles. The highest BCUT2D eigenvalue weighted by Gasteiger charge is 2.39. The van der Waals surface area contributed by atoms with Crippen molar-refractivity contribution < 1.29 is 23.1 Å². The summed E-state index contributed by atoms with van der Waals surface area (Å²) in [6, 6.07) is 3.13. The highest BCUT2D eigenvalue weighted by Crippen LogP contribution is 2.39. The fraction of sp³-hybridized carbons (Fsp3) is 0.500. The van der Waals surface area contributed by atoms with Crippen molar-refractivity contribution in [1.29, 1.82) is 0 Å². The van der Waals surface area contributed by atoms with Crippen LogP contribution in [0.1, 0.15) is 24.0 Å². The zero-order valence-corrected chi connectivity index (χ0v) is 11.6. The second kappa shape index (κ2) is 5.93. The third kappa shape index (κ3) is 3.12. The van der Waals surface area contributed by atoms with Crippen LogP contribution in [0.5, 0.6) is 0 Å². The van der Waals surface area contributed by atoms with Gasteiger partial charge in [0.2, 0.25) is 5.91 Å². The maximum atomic E-state index is 13.2. The molecular formula is C14H17F3N2O2. The van der Waals surface area contributed by atoms with Gasteiger partial charge < -0.3 is 15.3 Å². The van der Waals surface area contributed by atoms with Gasteiger partial charge in [0.1, 0.15) is 6.04 Å². The molecule has 0 aromatic heterocycles. The SMILES string of the molecule is CNC(=O)C1CCCN1c1ccc(CO)cc1C(F)(F)F. The molecular weight excluding hydrogens is 285 g/mol. The van der Waals surface area contributed by atoms with Crippen LogP contribution >= 0.6 is 0 Å². The number of anilines is 1. The van der Waals surface area contributed by atoms with Crippen molar-refractivity contribution in [3.63, 3.8) is 0 Å². The number of likely N-dealkylation sites (N-methyl/N-ethyl adjacent to an activating group) is 1. The Labute approximate surface area is 120 Å². The van der Waals surface area contributed by atoms with E-state index in [1.54, 1.807) is 0 Å². The monoisotopic (exact) mass is 302 g/mol. The molecule has 21 heavy (non-hydrogen) atoms. The second-order valence-electron chi connectivity index (χ2n) is 4.97. The van der Waals surface area contributed by atoms with Crippen LogP contribution in [0.4, 0.5) is 18.9 Å². The van der Waals surface area contributed by atoms with E-state index in [-0.39, 0.29) is 17.2 Å². The third-order valence-electron chi connectivity index (χ3n) is 3.66. The molecule has 0 saturated carbocycles. The molecule has 1 heterocycles. The molecule has 1 unspecified atom stereocenters. The first-order valence-electron chi connectivity index (χ1n) is 6.67. The smallest absolute Gasteiger partial charge is 0.392 e. The number of aliphatic hydroxyl groups is 1. The number of nitrogens with zero attached hydrogens (tertiary/aromatic N) is 1. The van der Waals surface area contributed by atoms with E-state index in [1.807, 2.05) is 0 Å². The van der Waals surface area contributed by atoms with Gasteiger partial charge >= 0.3 is 6.18 Å². The molecule has 2 N–H and O–H groups in total. The van der Waals surface area contributed by atoms with Gasteiger partial charge in [-0.3, -0.25) is 4.79 Å². The molecule has 4 nitrogen and oxygen atoms in total. The van der Waals surface area contributed by atoms with Gasteiger partial charge in [0.25, 0.3) is 0 Å². The Morgan fingerprint density at radius 3 is 2.76 bits per heavy atom. The average Bonchev–Trinajstić information content (AvgIpc) is 2.94. The van der Waals surface area contributed by atoms with Crippen molar-refractivity contribution in [2.45, 2.75) is 31.7 Å². The summed E-state index contributed by atoms with van der Waals surface area (Å²) in [6.45, 7) is -0.0537. The first-order valence-corrected chi connectivity index (χ1v) is 6.67. The Balaban J connectivity index is 2.45. The number of alkyl halides is 3. The number of benzene rings is 1. The van der Waals surface area contributed by atoms with E-state index >= 15 is 0 Å². The summed E-state index contributed by atoms with van der Waals surface area (Å²) < 4.78 is 39.7.